The lowest BCUT2D eigenvalue weighted by Crippen LogP contribution is -2.47. The molecule has 1 aliphatic heterocycles. The summed E-state index contributed by atoms with van der Waals surface area (Å²) in [5.74, 6) is 0.717. The largest absolute Gasteiger partial charge is 0.508 e. The Hall–Kier alpha value is -4.36. The van der Waals surface area contributed by atoms with Crippen LogP contribution in [0.15, 0.2) is 36.8 Å². The summed E-state index contributed by atoms with van der Waals surface area (Å²) in [5.41, 5.74) is 9.35. The lowest BCUT2D eigenvalue weighted by atomic mass is 10.1. The summed E-state index contributed by atoms with van der Waals surface area (Å²) < 4.78 is 17.6. The lowest BCUT2D eigenvalue weighted by Gasteiger charge is -2.35. The third-order valence-electron chi connectivity index (χ3n) is 6.83. The van der Waals surface area contributed by atoms with E-state index in [1.807, 2.05) is 23.7 Å². The van der Waals surface area contributed by atoms with Gasteiger partial charge in [0.25, 0.3) is 0 Å². The van der Waals surface area contributed by atoms with Gasteiger partial charge in [-0.3, -0.25) is 4.90 Å². The molecule has 0 amide bonds. The van der Waals surface area contributed by atoms with Gasteiger partial charge in [-0.1, -0.05) is 0 Å². The number of anilines is 2. The van der Waals surface area contributed by atoms with Gasteiger partial charge < -0.3 is 20.8 Å². The molecular weight excluding hydrogens is 491 g/mol. The maximum atomic E-state index is 14.1. The van der Waals surface area contributed by atoms with E-state index in [0.29, 0.717) is 34.7 Å². The van der Waals surface area contributed by atoms with E-state index in [2.05, 4.69) is 24.9 Å². The third kappa shape index (κ3) is 4.25. The summed E-state index contributed by atoms with van der Waals surface area (Å²) in [6, 6.07) is 5.72. The van der Waals surface area contributed by atoms with E-state index in [1.165, 1.54) is 18.5 Å². The first-order valence-electron chi connectivity index (χ1n) is 12.3. The van der Waals surface area contributed by atoms with Gasteiger partial charge in [0.15, 0.2) is 17.3 Å². The fraction of sp³-hybridized carbons (Fsp3) is 0.320. The number of phenols is 1. The predicted octanol–water partition coefficient (Wildman–Crippen LogP) is 1.43. The number of aromatic nitrogens is 7. The minimum Gasteiger partial charge on any atom is -0.508 e. The number of hydrogen-bond acceptors (Lipinski definition) is 10. The van der Waals surface area contributed by atoms with Crippen molar-refractivity contribution >= 4 is 28.2 Å². The lowest BCUT2D eigenvalue weighted by molar-refractivity contribution is 0.188. The molecule has 1 aliphatic rings. The van der Waals surface area contributed by atoms with Crippen LogP contribution >= 0.6 is 0 Å². The van der Waals surface area contributed by atoms with Gasteiger partial charge in [0, 0.05) is 50.6 Å². The quantitative estimate of drug-likeness (QED) is 0.302. The molecular formula is C25H27FN10O2. The molecule has 4 N–H and O–H groups in total. The van der Waals surface area contributed by atoms with E-state index in [9.17, 15) is 14.6 Å². The van der Waals surface area contributed by atoms with Crippen LogP contribution in [0.5, 0.6) is 5.75 Å². The van der Waals surface area contributed by atoms with Gasteiger partial charge in [0.2, 0.25) is 0 Å². The van der Waals surface area contributed by atoms with E-state index in [1.54, 1.807) is 4.68 Å². The fourth-order valence-corrected chi connectivity index (χ4v) is 5.00. The van der Waals surface area contributed by atoms with Crippen molar-refractivity contribution in [3.63, 3.8) is 0 Å². The number of nitrogens with zero attached hydrogens (tertiary/aromatic N) is 9. The summed E-state index contributed by atoms with van der Waals surface area (Å²) in [6.07, 6.45) is 3.25. The molecule has 38 heavy (non-hydrogen) atoms. The average Bonchev–Trinajstić information content (AvgIpc) is 3.45. The Labute approximate surface area is 216 Å². The Morgan fingerprint density at radius 1 is 1.08 bits per heavy atom. The zero-order valence-electron chi connectivity index (χ0n) is 20.8. The van der Waals surface area contributed by atoms with Crippen LogP contribution in [0.4, 0.5) is 16.0 Å². The van der Waals surface area contributed by atoms with E-state index >= 15 is 0 Å². The topological polar surface area (TPSA) is 147 Å². The van der Waals surface area contributed by atoms with Gasteiger partial charge in [-0.2, -0.15) is 10.2 Å². The monoisotopic (exact) mass is 518 g/mol. The number of halogens is 1. The van der Waals surface area contributed by atoms with Gasteiger partial charge >= 0.3 is 0 Å². The van der Waals surface area contributed by atoms with Gasteiger partial charge in [-0.15, -0.1) is 0 Å². The Kier molecular flexibility index (Phi) is 6.00. The molecule has 0 bridgehead atoms. The number of β-amino-alcohol motifs (C(OH)–C–C–N with tert-alkyl or cyclic N) is 1. The summed E-state index contributed by atoms with van der Waals surface area (Å²) in [4.78, 5) is 17.9. The highest BCUT2D eigenvalue weighted by Gasteiger charge is 2.23. The highest BCUT2D eigenvalue weighted by Crippen LogP contribution is 2.33. The van der Waals surface area contributed by atoms with Crippen LogP contribution in [0, 0.1) is 12.7 Å². The van der Waals surface area contributed by atoms with Crippen molar-refractivity contribution in [1.82, 2.24) is 39.2 Å². The van der Waals surface area contributed by atoms with E-state index in [0.717, 1.165) is 49.1 Å². The molecule has 0 atom stereocenters. The second-order valence-electron chi connectivity index (χ2n) is 9.36. The molecule has 0 unspecified atom stereocenters. The SMILES string of the molecule is Cc1ccn2nc(Cn3nc(-c4cc(O)cc(F)c4)c4c(N)ncnc43)nc(N3CCN(CCO)CC3)c12. The maximum Gasteiger partial charge on any atom is 0.173 e. The van der Waals surface area contributed by atoms with Gasteiger partial charge in [0.05, 0.1) is 12.0 Å². The molecule has 1 aromatic carbocycles. The van der Waals surface area contributed by atoms with Crippen LogP contribution < -0.4 is 10.6 Å². The number of aliphatic hydroxyl groups is 1. The Morgan fingerprint density at radius 2 is 1.89 bits per heavy atom. The number of nitrogen functional groups attached to an aromatic ring is 1. The van der Waals surface area contributed by atoms with Crippen LogP contribution in [-0.2, 0) is 6.54 Å². The van der Waals surface area contributed by atoms with Crippen molar-refractivity contribution in [3.8, 4) is 17.0 Å². The van der Waals surface area contributed by atoms with Gasteiger partial charge in [0.1, 0.15) is 41.5 Å². The first-order valence-corrected chi connectivity index (χ1v) is 12.3. The molecule has 0 saturated carbocycles. The summed E-state index contributed by atoms with van der Waals surface area (Å²) in [7, 11) is 0. The number of rotatable bonds is 6. The van der Waals surface area contributed by atoms with Crippen molar-refractivity contribution in [1.29, 1.82) is 0 Å². The van der Waals surface area contributed by atoms with E-state index in [4.69, 9.17) is 15.8 Å². The summed E-state index contributed by atoms with van der Waals surface area (Å²) >= 11 is 0. The van der Waals surface area contributed by atoms with Crippen LogP contribution in [0.25, 0.3) is 27.8 Å². The van der Waals surface area contributed by atoms with Crippen molar-refractivity contribution in [2.75, 3.05) is 50.0 Å². The first kappa shape index (κ1) is 24.0. The minimum atomic E-state index is -0.599. The third-order valence-corrected chi connectivity index (χ3v) is 6.83. The number of benzene rings is 1. The van der Waals surface area contributed by atoms with E-state index in [-0.39, 0.29) is 24.7 Å². The zero-order chi connectivity index (χ0) is 26.4. The van der Waals surface area contributed by atoms with Crippen LogP contribution in [0.1, 0.15) is 11.4 Å². The molecule has 5 heterocycles. The number of aromatic hydroxyl groups is 1. The molecule has 0 radical (unpaired) electrons. The molecule has 13 heteroatoms. The molecule has 5 aromatic rings. The minimum absolute atomic E-state index is 0.142. The molecule has 0 aliphatic carbocycles. The smallest absolute Gasteiger partial charge is 0.173 e. The number of nitrogens with two attached hydrogens (primary N) is 1. The molecule has 1 saturated heterocycles. The number of aryl methyl sites for hydroxylation is 1. The highest BCUT2D eigenvalue weighted by atomic mass is 19.1. The molecule has 6 rings (SSSR count). The van der Waals surface area contributed by atoms with Crippen molar-refractivity contribution < 1.29 is 14.6 Å². The Morgan fingerprint density at radius 3 is 2.66 bits per heavy atom. The van der Waals surface area contributed by atoms with Gasteiger partial charge in [-0.05, 0) is 30.7 Å². The van der Waals surface area contributed by atoms with Crippen molar-refractivity contribution in [2.24, 2.45) is 0 Å². The standard InChI is InChI=1S/C25H27FN10O2/c1-15-2-3-35-22(15)25(34-6-4-33(5-7-34)8-9-37)30-19(31-35)13-36-24-20(23(27)28-14-29-24)21(32-36)16-10-17(26)12-18(38)11-16/h2-3,10-12,14,37-38H,4-9,13H2,1H3,(H2,27,28,29). The van der Waals surface area contributed by atoms with E-state index < -0.39 is 5.82 Å². The predicted molar refractivity (Wildman–Crippen MR) is 139 cm³/mol. The van der Waals surface area contributed by atoms with Crippen LogP contribution in [0.2, 0.25) is 0 Å². The normalized spacial score (nSPS) is 14.7. The Balaban J connectivity index is 1.42. The second kappa shape index (κ2) is 9.50. The molecule has 1 fully saturated rings. The molecule has 0 spiro atoms. The number of aliphatic hydroxyl groups excluding tert-OH is 1. The first-order chi connectivity index (χ1) is 18.4. The molecule has 12 nitrogen and oxygen atoms in total. The average molecular weight is 519 g/mol. The maximum absolute atomic E-state index is 14.1. The molecule has 196 valence electrons. The number of fused-ring (bicyclic) bond motifs is 2. The fourth-order valence-electron chi connectivity index (χ4n) is 5.00. The summed E-state index contributed by atoms with van der Waals surface area (Å²) in [6.45, 7) is 6.22. The summed E-state index contributed by atoms with van der Waals surface area (Å²) in [5, 5.41) is 29.1. The second-order valence-corrected chi connectivity index (χ2v) is 9.36. The molecule has 4 aromatic heterocycles. The van der Waals surface area contributed by atoms with Crippen molar-refractivity contribution in [2.45, 2.75) is 13.5 Å². The van der Waals surface area contributed by atoms with Gasteiger partial charge in [-0.25, -0.2) is 28.5 Å². The van der Waals surface area contributed by atoms with Crippen LogP contribution in [0.3, 0.4) is 0 Å². The van der Waals surface area contributed by atoms with Crippen LogP contribution in [-0.4, -0.2) is 88.8 Å². The number of phenolic OH excluding ortho intramolecular Hbond substituents is 1. The zero-order valence-corrected chi connectivity index (χ0v) is 20.8. The number of hydrogen-bond donors (Lipinski definition) is 3. The van der Waals surface area contributed by atoms with Crippen molar-refractivity contribution in [3.05, 3.63) is 54.0 Å². The number of piperazine rings is 1. The Bertz CT molecular complexity index is 1620. The highest BCUT2D eigenvalue weighted by molar-refractivity contribution is 5.98.